The van der Waals surface area contributed by atoms with Crippen molar-refractivity contribution in [3.05, 3.63) is 41.7 Å². The molecule has 0 spiro atoms. The molecule has 0 unspecified atom stereocenters. The van der Waals surface area contributed by atoms with Crippen molar-refractivity contribution in [2.75, 3.05) is 5.32 Å². The molecule has 0 fully saturated rings. The van der Waals surface area contributed by atoms with Crippen LogP contribution >= 0.6 is 0 Å². The maximum absolute atomic E-state index is 11.0. The average molecular weight is 232 g/mol. The second-order valence-corrected chi connectivity index (χ2v) is 3.55. The molecule has 1 aromatic carbocycles. The topological polar surface area (TPSA) is 80.0 Å². The lowest BCUT2D eigenvalue weighted by Gasteiger charge is -2.08. The standard InChI is InChI=1S/C11H12N4O2/c1-15-8(7-13-14-15)6-12-10-5-3-2-4-9(10)11(16)17/h2-5,7,12H,6H2,1H3,(H,16,17). The van der Waals surface area contributed by atoms with E-state index in [2.05, 4.69) is 15.6 Å². The first-order chi connectivity index (χ1) is 8.18. The molecular weight excluding hydrogens is 220 g/mol. The van der Waals surface area contributed by atoms with Crippen molar-refractivity contribution >= 4 is 11.7 Å². The summed E-state index contributed by atoms with van der Waals surface area (Å²) in [7, 11) is 1.78. The molecule has 2 N–H and O–H groups in total. The van der Waals surface area contributed by atoms with Gasteiger partial charge in [-0.3, -0.25) is 4.68 Å². The van der Waals surface area contributed by atoms with Gasteiger partial charge in [0.05, 0.1) is 24.0 Å². The zero-order valence-electron chi connectivity index (χ0n) is 9.29. The fourth-order valence-corrected chi connectivity index (χ4v) is 1.48. The number of nitrogens with zero attached hydrogens (tertiary/aromatic N) is 3. The number of anilines is 1. The van der Waals surface area contributed by atoms with E-state index in [1.165, 1.54) is 0 Å². The Kier molecular flexibility index (Phi) is 3.04. The van der Waals surface area contributed by atoms with Gasteiger partial charge in [-0.15, -0.1) is 5.10 Å². The normalized spacial score (nSPS) is 10.2. The molecule has 0 bridgehead atoms. The minimum Gasteiger partial charge on any atom is -0.478 e. The highest BCUT2D eigenvalue weighted by atomic mass is 16.4. The number of aryl methyl sites for hydroxylation is 1. The zero-order chi connectivity index (χ0) is 12.3. The highest BCUT2D eigenvalue weighted by Crippen LogP contribution is 2.15. The molecule has 6 heteroatoms. The molecule has 2 rings (SSSR count). The van der Waals surface area contributed by atoms with Crippen molar-refractivity contribution in [1.29, 1.82) is 0 Å². The van der Waals surface area contributed by atoms with Crippen LogP contribution in [0.4, 0.5) is 5.69 Å². The Morgan fingerprint density at radius 3 is 2.88 bits per heavy atom. The summed E-state index contributed by atoms with van der Waals surface area (Å²) in [6.45, 7) is 0.480. The molecule has 0 aliphatic carbocycles. The predicted octanol–water partition coefficient (Wildman–Crippen LogP) is 1.13. The van der Waals surface area contributed by atoms with Crippen LogP contribution in [0.5, 0.6) is 0 Å². The van der Waals surface area contributed by atoms with Crippen LogP contribution in [0.15, 0.2) is 30.5 Å². The van der Waals surface area contributed by atoms with E-state index in [9.17, 15) is 4.79 Å². The number of hydrogen-bond acceptors (Lipinski definition) is 4. The second-order valence-electron chi connectivity index (χ2n) is 3.55. The SMILES string of the molecule is Cn1nncc1CNc1ccccc1C(=O)O. The first-order valence-corrected chi connectivity index (χ1v) is 5.08. The molecule has 0 saturated heterocycles. The lowest BCUT2D eigenvalue weighted by Crippen LogP contribution is -2.08. The average Bonchev–Trinajstić information content (AvgIpc) is 2.72. The highest BCUT2D eigenvalue weighted by molar-refractivity contribution is 5.94. The molecule has 0 atom stereocenters. The smallest absolute Gasteiger partial charge is 0.337 e. The number of carboxylic acids is 1. The van der Waals surface area contributed by atoms with Crippen LogP contribution in [0, 0.1) is 0 Å². The van der Waals surface area contributed by atoms with E-state index >= 15 is 0 Å². The fraction of sp³-hybridized carbons (Fsp3) is 0.182. The lowest BCUT2D eigenvalue weighted by molar-refractivity contribution is 0.0698. The summed E-state index contributed by atoms with van der Waals surface area (Å²) in [5, 5.41) is 19.6. The Morgan fingerprint density at radius 2 is 2.24 bits per heavy atom. The molecule has 1 aromatic heterocycles. The molecule has 0 aliphatic heterocycles. The molecule has 1 heterocycles. The van der Waals surface area contributed by atoms with E-state index in [0.29, 0.717) is 12.2 Å². The Bertz CT molecular complexity index is 536. The lowest BCUT2D eigenvalue weighted by atomic mass is 10.2. The van der Waals surface area contributed by atoms with Crippen molar-refractivity contribution in [2.45, 2.75) is 6.54 Å². The van der Waals surface area contributed by atoms with E-state index < -0.39 is 5.97 Å². The number of rotatable bonds is 4. The van der Waals surface area contributed by atoms with E-state index in [0.717, 1.165) is 5.69 Å². The largest absolute Gasteiger partial charge is 0.478 e. The van der Waals surface area contributed by atoms with Gasteiger partial charge in [0, 0.05) is 12.7 Å². The van der Waals surface area contributed by atoms with Crippen molar-refractivity contribution in [2.24, 2.45) is 7.05 Å². The number of aromatic carboxylic acids is 1. The van der Waals surface area contributed by atoms with Gasteiger partial charge in [0.1, 0.15) is 0 Å². The molecule has 0 radical (unpaired) electrons. The van der Waals surface area contributed by atoms with Gasteiger partial charge in [0.25, 0.3) is 0 Å². The quantitative estimate of drug-likeness (QED) is 0.825. The van der Waals surface area contributed by atoms with Gasteiger partial charge in [0.2, 0.25) is 0 Å². The van der Waals surface area contributed by atoms with Gasteiger partial charge in [-0.1, -0.05) is 17.3 Å². The summed E-state index contributed by atoms with van der Waals surface area (Å²) in [5.74, 6) is -0.948. The maximum Gasteiger partial charge on any atom is 0.337 e. The molecule has 17 heavy (non-hydrogen) atoms. The van der Waals surface area contributed by atoms with Crippen molar-refractivity contribution < 1.29 is 9.90 Å². The Balaban J connectivity index is 2.14. The maximum atomic E-state index is 11.0. The molecular formula is C11H12N4O2. The van der Waals surface area contributed by atoms with Gasteiger partial charge < -0.3 is 10.4 Å². The van der Waals surface area contributed by atoms with Crippen LogP contribution in [0.3, 0.4) is 0 Å². The minimum atomic E-state index is -0.948. The summed E-state index contributed by atoms with van der Waals surface area (Å²) in [5.41, 5.74) is 1.72. The summed E-state index contributed by atoms with van der Waals surface area (Å²) < 4.78 is 1.64. The first-order valence-electron chi connectivity index (χ1n) is 5.08. The molecule has 0 amide bonds. The van der Waals surface area contributed by atoms with E-state index in [4.69, 9.17) is 5.11 Å². The molecule has 88 valence electrons. The Labute approximate surface area is 97.9 Å². The zero-order valence-corrected chi connectivity index (χ0v) is 9.29. The van der Waals surface area contributed by atoms with Crippen LogP contribution in [0.25, 0.3) is 0 Å². The van der Waals surface area contributed by atoms with Gasteiger partial charge in [-0.05, 0) is 12.1 Å². The van der Waals surface area contributed by atoms with E-state index in [1.54, 1.807) is 42.2 Å². The molecule has 0 aliphatic rings. The van der Waals surface area contributed by atoms with Crippen LogP contribution < -0.4 is 5.32 Å². The number of carboxylic acid groups (broad SMARTS) is 1. The number of aromatic nitrogens is 3. The van der Waals surface area contributed by atoms with E-state index in [-0.39, 0.29) is 5.56 Å². The van der Waals surface area contributed by atoms with Gasteiger partial charge in [-0.25, -0.2) is 4.79 Å². The van der Waals surface area contributed by atoms with Gasteiger partial charge in [0.15, 0.2) is 0 Å². The summed E-state index contributed by atoms with van der Waals surface area (Å²) in [6.07, 6.45) is 1.64. The van der Waals surface area contributed by atoms with Crippen LogP contribution in [-0.4, -0.2) is 26.1 Å². The molecule has 0 saturated carbocycles. The van der Waals surface area contributed by atoms with Crippen LogP contribution in [0.1, 0.15) is 16.1 Å². The highest BCUT2D eigenvalue weighted by Gasteiger charge is 2.09. The summed E-state index contributed by atoms with van der Waals surface area (Å²) in [4.78, 5) is 11.0. The fourth-order valence-electron chi connectivity index (χ4n) is 1.48. The monoisotopic (exact) mass is 232 g/mol. The summed E-state index contributed by atoms with van der Waals surface area (Å²) >= 11 is 0. The van der Waals surface area contributed by atoms with Gasteiger partial charge >= 0.3 is 5.97 Å². The minimum absolute atomic E-state index is 0.252. The number of para-hydroxylation sites is 1. The number of hydrogen-bond donors (Lipinski definition) is 2. The number of benzene rings is 1. The third kappa shape index (κ3) is 2.41. The van der Waals surface area contributed by atoms with Crippen molar-refractivity contribution in [1.82, 2.24) is 15.0 Å². The van der Waals surface area contributed by atoms with Crippen molar-refractivity contribution in [3.63, 3.8) is 0 Å². The van der Waals surface area contributed by atoms with Crippen LogP contribution in [-0.2, 0) is 13.6 Å². The Hall–Kier alpha value is -2.37. The van der Waals surface area contributed by atoms with Gasteiger partial charge in [-0.2, -0.15) is 0 Å². The molecule has 2 aromatic rings. The first kappa shape index (κ1) is 11.1. The van der Waals surface area contributed by atoms with E-state index in [1.807, 2.05) is 0 Å². The third-order valence-corrected chi connectivity index (χ3v) is 2.43. The summed E-state index contributed by atoms with van der Waals surface area (Å²) in [6, 6.07) is 6.77. The Morgan fingerprint density at radius 1 is 1.47 bits per heavy atom. The molecule has 6 nitrogen and oxygen atoms in total. The second kappa shape index (κ2) is 4.65. The third-order valence-electron chi connectivity index (χ3n) is 2.43. The number of nitrogens with one attached hydrogen (secondary N) is 1. The van der Waals surface area contributed by atoms with Crippen molar-refractivity contribution in [3.8, 4) is 0 Å². The predicted molar refractivity (Wildman–Crippen MR) is 61.7 cm³/mol. The number of carbonyl (C=O) groups is 1. The van der Waals surface area contributed by atoms with Crippen LogP contribution in [0.2, 0.25) is 0 Å².